The fraction of sp³-hybridized carbons (Fsp3) is 0.625. The molecule has 0 fully saturated rings. The lowest BCUT2D eigenvalue weighted by Crippen LogP contribution is -2.22. The first kappa shape index (κ1) is 21.8. The molecule has 0 radical (unpaired) electrons. The van der Waals surface area contributed by atoms with E-state index in [-0.39, 0.29) is 19.0 Å². The Morgan fingerprint density at radius 1 is 1.28 bits per heavy atom. The maximum Gasteiger partial charge on any atom is 0.326 e. The molecule has 162 valence electrons. The van der Waals surface area contributed by atoms with Crippen molar-refractivity contribution in [3.63, 3.8) is 0 Å². The molecule has 0 saturated carbocycles. The molecule has 0 bridgehead atoms. The standard InChI is InChI=1S/C24H35FN2O2.H2/c1-3-8-20(27-23-17-19(25)13-16-22(23)26-24(27)28)10-7-5-4-6-9-18-11-14-21(29-2)15-12-18;/h11,13,16-17,20-21H,3-10,12,14-15H2,1-2H3,(H,26,28);1H/t20?,21-;/m1./s1. The number of aromatic nitrogens is 2. The fourth-order valence-corrected chi connectivity index (χ4v) is 4.58. The maximum absolute atomic E-state index is 13.7. The van der Waals surface area contributed by atoms with Crippen molar-refractivity contribution >= 4 is 11.0 Å². The second-order valence-electron chi connectivity index (χ2n) is 8.35. The molecule has 4 nitrogen and oxygen atoms in total. The van der Waals surface area contributed by atoms with Crippen molar-refractivity contribution in [2.24, 2.45) is 0 Å². The molecule has 2 aromatic rings. The molecule has 1 unspecified atom stereocenters. The second-order valence-corrected chi connectivity index (χ2v) is 8.35. The second kappa shape index (κ2) is 10.8. The molecule has 0 spiro atoms. The molecule has 1 aromatic heterocycles. The van der Waals surface area contributed by atoms with Gasteiger partial charge in [0.2, 0.25) is 0 Å². The van der Waals surface area contributed by atoms with Gasteiger partial charge >= 0.3 is 5.69 Å². The molecule has 2 atom stereocenters. The van der Waals surface area contributed by atoms with Crippen LogP contribution in [0.5, 0.6) is 0 Å². The van der Waals surface area contributed by atoms with E-state index < -0.39 is 0 Å². The number of nitrogens with zero attached hydrogens (tertiary/aromatic N) is 1. The summed E-state index contributed by atoms with van der Waals surface area (Å²) < 4.78 is 20.9. The van der Waals surface area contributed by atoms with Gasteiger partial charge in [-0.05, 0) is 63.1 Å². The van der Waals surface area contributed by atoms with E-state index in [0.717, 1.165) is 38.5 Å². The van der Waals surface area contributed by atoms with Crippen molar-refractivity contribution in [2.45, 2.75) is 89.7 Å². The Kier molecular flexibility index (Phi) is 8.10. The Bertz CT molecular complexity index is 874. The van der Waals surface area contributed by atoms with Crippen LogP contribution in [0.25, 0.3) is 11.0 Å². The zero-order valence-electron chi connectivity index (χ0n) is 17.9. The van der Waals surface area contributed by atoms with Crippen LogP contribution in [0.1, 0.15) is 85.0 Å². The van der Waals surface area contributed by atoms with Gasteiger partial charge in [0.1, 0.15) is 5.82 Å². The topological polar surface area (TPSA) is 47.0 Å². The van der Waals surface area contributed by atoms with Crippen LogP contribution < -0.4 is 5.69 Å². The number of imidazole rings is 1. The molecule has 5 heteroatoms. The Labute approximate surface area is 174 Å². The first-order valence-corrected chi connectivity index (χ1v) is 11.2. The average molecular weight is 405 g/mol. The SMILES string of the molecule is CCCC(CCCCCCC1=CC[C@@H](OC)CC1)n1c(=O)[nH]c2ccc(F)cc21.[HH]. The molecule has 29 heavy (non-hydrogen) atoms. The summed E-state index contributed by atoms with van der Waals surface area (Å²) in [6, 6.07) is 4.66. The van der Waals surface area contributed by atoms with Crippen LogP contribution in [-0.4, -0.2) is 22.8 Å². The van der Waals surface area contributed by atoms with E-state index in [0.29, 0.717) is 17.1 Å². The van der Waals surface area contributed by atoms with Crippen LogP contribution in [0, 0.1) is 5.82 Å². The molecule has 1 aliphatic rings. The van der Waals surface area contributed by atoms with Crippen molar-refractivity contribution in [1.29, 1.82) is 0 Å². The Morgan fingerprint density at radius 3 is 2.83 bits per heavy atom. The Balaban J connectivity index is 0.00000320. The monoisotopic (exact) mass is 404 g/mol. The summed E-state index contributed by atoms with van der Waals surface area (Å²) in [5, 5.41) is 0. The molecular formula is C24H37FN2O2. The van der Waals surface area contributed by atoms with Crippen LogP contribution in [0.2, 0.25) is 0 Å². The maximum atomic E-state index is 13.7. The first-order valence-electron chi connectivity index (χ1n) is 11.2. The highest BCUT2D eigenvalue weighted by Gasteiger charge is 2.17. The zero-order valence-corrected chi connectivity index (χ0v) is 17.9. The van der Waals surface area contributed by atoms with Gasteiger partial charge in [-0.25, -0.2) is 9.18 Å². The highest BCUT2D eigenvalue weighted by molar-refractivity contribution is 5.75. The molecule has 0 aliphatic heterocycles. The van der Waals surface area contributed by atoms with E-state index in [1.807, 2.05) is 0 Å². The third-order valence-corrected chi connectivity index (χ3v) is 6.24. The van der Waals surface area contributed by atoms with Crippen molar-refractivity contribution in [3.05, 3.63) is 46.1 Å². The van der Waals surface area contributed by atoms with Crippen molar-refractivity contribution in [2.75, 3.05) is 7.11 Å². The number of benzene rings is 1. The minimum absolute atomic E-state index is 0. The molecule has 1 aliphatic carbocycles. The molecule has 1 heterocycles. The number of aromatic amines is 1. The molecule has 0 amide bonds. The van der Waals surface area contributed by atoms with Gasteiger partial charge in [-0.15, -0.1) is 0 Å². The van der Waals surface area contributed by atoms with Gasteiger partial charge in [0.25, 0.3) is 0 Å². The summed E-state index contributed by atoms with van der Waals surface area (Å²) in [5.74, 6) is -0.297. The highest BCUT2D eigenvalue weighted by Crippen LogP contribution is 2.27. The van der Waals surface area contributed by atoms with E-state index in [1.54, 1.807) is 23.3 Å². The van der Waals surface area contributed by atoms with E-state index in [9.17, 15) is 9.18 Å². The molecule has 3 rings (SSSR count). The van der Waals surface area contributed by atoms with Crippen LogP contribution in [0.15, 0.2) is 34.6 Å². The minimum atomic E-state index is -0.297. The van der Waals surface area contributed by atoms with Gasteiger partial charge in [-0.3, -0.25) is 4.57 Å². The predicted molar refractivity (Wildman–Crippen MR) is 119 cm³/mol. The van der Waals surface area contributed by atoms with E-state index in [2.05, 4.69) is 18.0 Å². The van der Waals surface area contributed by atoms with E-state index >= 15 is 0 Å². The zero-order chi connectivity index (χ0) is 20.6. The van der Waals surface area contributed by atoms with Crippen molar-refractivity contribution < 1.29 is 10.6 Å². The van der Waals surface area contributed by atoms with Crippen LogP contribution >= 0.6 is 0 Å². The van der Waals surface area contributed by atoms with E-state index in [1.165, 1.54) is 44.2 Å². The highest BCUT2D eigenvalue weighted by atomic mass is 19.1. The Morgan fingerprint density at radius 2 is 2.10 bits per heavy atom. The third kappa shape index (κ3) is 5.81. The van der Waals surface area contributed by atoms with Gasteiger partial charge in [-0.1, -0.05) is 44.3 Å². The van der Waals surface area contributed by atoms with Crippen molar-refractivity contribution in [1.82, 2.24) is 9.55 Å². The summed E-state index contributed by atoms with van der Waals surface area (Å²) >= 11 is 0. The lowest BCUT2D eigenvalue weighted by molar-refractivity contribution is 0.0936. The number of unbranched alkanes of at least 4 members (excludes halogenated alkanes) is 3. The number of ether oxygens (including phenoxy) is 1. The number of allylic oxidation sites excluding steroid dienone is 1. The van der Waals surface area contributed by atoms with Gasteiger partial charge in [-0.2, -0.15) is 0 Å². The normalized spacial score (nSPS) is 18.2. The summed E-state index contributed by atoms with van der Waals surface area (Å²) in [5.41, 5.74) is 2.87. The number of halogens is 1. The lowest BCUT2D eigenvalue weighted by atomic mass is 9.93. The summed E-state index contributed by atoms with van der Waals surface area (Å²) in [4.78, 5) is 15.4. The van der Waals surface area contributed by atoms with Gasteiger partial charge in [0.05, 0.1) is 17.1 Å². The number of rotatable bonds is 11. The fourth-order valence-electron chi connectivity index (χ4n) is 4.58. The van der Waals surface area contributed by atoms with Crippen LogP contribution in [0.4, 0.5) is 4.39 Å². The van der Waals surface area contributed by atoms with Gasteiger partial charge in [0, 0.05) is 14.6 Å². The number of methoxy groups -OCH3 is 1. The van der Waals surface area contributed by atoms with E-state index in [4.69, 9.17) is 4.74 Å². The number of hydrogen-bond acceptors (Lipinski definition) is 2. The number of fused-ring (bicyclic) bond motifs is 1. The van der Waals surface area contributed by atoms with Crippen LogP contribution in [-0.2, 0) is 4.74 Å². The third-order valence-electron chi connectivity index (χ3n) is 6.24. The number of hydrogen-bond donors (Lipinski definition) is 1. The summed E-state index contributed by atoms with van der Waals surface area (Å²) in [7, 11) is 1.80. The predicted octanol–water partition coefficient (Wildman–Crippen LogP) is 6.52. The van der Waals surface area contributed by atoms with Gasteiger partial charge in [0.15, 0.2) is 0 Å². The molecular weight excluding hydrogens is 367 g/mol. The summed E-state index contributed by atoms with van der Waals surface area (Å²) in [6.45, 7) is 2.14. The molecule has 0 saturated heterocycles. The average Bonchev–Trinajstić information content (AvgIpc) is 3.05. The van der Waals surface area contributed by atoms with Gasteiger partial charge < -0.3 is 9.72 Å². The summed E-state index contributed by atoms with van der Waals surface area (Å²) in [6.07, 6.45) is 15.0. The lowest BCUT2D eigenvalue weighted by Gasteiger charge is -2.20. The molecule has 1 N–H and O–H groups in total. The first-order chi connectivity index (χ1) is 14.1. The van der Waals surface area contributed by atoms with Crippen LogP contribution in [0.3, 0.4) is 0 Å². The largest absolute Gasteiger partial charge is 0.381 e. The number of H-pyrrole nitrogens is 1. The smallest absolute Gasteiger partial charge is 0.326 e. The molecule has 1 aromatic carbocycles. The minimum Gasteiger partial charge on any atom is -0.381 e. The quantitative estimate of drug-likeness (QED) is 0.342. The number of nitrogens with one attached hydrogen (secondary N) is 1. The Hall–Kier alpha value is -1.88. The van der Waals surface area contributed by atoms with Crippen molar-refractivity contribution in [3.8, 4) is 0 Å².